The molecule has 132 valence electrons. The molecule has 0 aromatic rings. The zero-order valence-corrected chi connectivity index (χ0v) is 9.31. The van der Waals surface area contributed by atoms with Crippen molar-refractivity contribution < 1.29 is 66.5 Å². The first-order valence-corrected chi connectivity index (χ1v) is 4.37. The third-order valence-corrected chi connectivity index (χ3v) is 1.64. The maximum absolute atomic E-state index is 13.1. The minimum absolute atomic E-state index is 1.69. The number of ether oxygens (including phenoxy) is 2. The third-order valence-electron chi connectivity index (χ3n) is 1.64. The number of rotatable bonds is 6. The smallest absolute Gasteiger partial charge is 0.414 e. The van der Waals surface area contributed by atoms with E-state index in [4.69, 9.17) is 0 Å². The van der Waals surface area contributed by atoms with Gasteiger partial charge < -0.3 is 4.74 Å². The molecule has 1 unspecified atom stereocenters. The molecule has 1 atom stereocenters. The highest BCUT2D eigenvalue weighted by atomic mass is 19.4. The Balaban J connectivity index is 5.85. The predicted octanol–water partition coefficient (Wildman–Crippen LogP) is 4.73. The lowest BCUT2D eigenvalue weighted by Gasteiger charge is -2.34. The van der Waals surface area contributed by atoms with Crippen LogP contribution in [0.2, 0.25) is 0 Å². The highest BCUT2D eigenvalue weighted by Gasteiger charge is 2.78. The lowest BCUT2D eigenvalue weighted by molar-refractivity contribution is -0.502. The number of hydrogen-bond acceptors (Lipinski definition) is 2. The topological polar surface area (TPSA) is 18.5 Å². The Morgan fingerprint density at radius 1 is 0.773 bits per heavy atom. The summed E-state index contributed by atoms with van der Waals surface area (Å²) in [7, 11) is 0. The van der Waals surface area contributed by atoms with Gasteiger partial charge in [0.2, 0.25) is 0 Å². The standard InChI is InChI=1S/C7HF13O2/c8-1(9)2(10)21-5(15,6(16,17)18)7(19,20)22-4(13,14)3(11)12/h3H. The minimum atomic E-state index is -7.14. The first-order chi connectivity index (χ1) is 9.48. The Labute approximate surface area is 111 Å². The zero-order chi connectivity index (χ0) is 18.1. The Hall–Kier alpha value is -1.41. The fourth-order valence-electron chi connectivity index (χ4n) is 0.725. The van der Waals surface area contributed by atoms with Gasteiger partial charge in [-0.15, -0.1) is 0 Å². The van der Waals surface area contributed by atoms with E-state index in [1.54, 1.807) is 4.74 Å². The highest BCUT2D eigenvalue weighted by Crippen LogP contribution is 2.50. The van der Waals surface area contributed by atoms with Gasteiger partial charge in [-0.25, -0.2) is 13.5 Å². The van der Waals surface area contributed by atoms with Gasteiger partial charge in [-0.3, -0.25) is 0 Å². The number of alkyl halides is 10. The van der Waals surface area contributed by atoms with E-state index in [0.717, 1.165) is 0 Å². The molecule has 0 aliphatic carbocycles. The van der Waals surface area contributed by atoms with Crippen molar-refractivity contribution in [1.29, 1.82) is 0 Å². The van der Waals surface area contributed by atoms with Crippen molar-refractivity contribution in [3.63, 3.8) is 0 Å². The van der Waals surface area contributed by atoms with Crippen molar-refractivity contribution in [3.05, 3.63) is 12.1 Å². The molecule has 2 nitrogen and oxygen atoms in total. The van der Waals surface area contributed by atoms with Crippen LogP contribution in [0.5, 0.6) is 0 Å². The van der Waals surface area contributed by atoms with Crippen LogP contribution in [0.1, 0.15) is 0 Å². The van der Waals surface area contributed by atoms with E-state index in [2.05, 4.69) is 0 Å². The number of hydrogen-bond donors (Lipinski definition) is 0. The molecule has 0 aromatic carbocycles. The van der Waals surface area contributed by atoms with E-state index in [1.165, 1.54) is 0 Å². The largest absolute Gasteiger partial charge is 0.470 e. The lowest BCUT2D eigenvalue weighted by Crippen LogP contribution is -2.60. The molecule has 0 radical (unpaired) electrons. The SMILES string of the molecule is FC(F)=C(F)OC(F)(C(F)(F)F)C(F)(F)OC(F)(F)C(F)F. The molecule has 0 N–H and O–H groups in total. The van der Waals surface area contributed by atoms with Crippen LogP contribution in [0, 0.1) is 0 Å². The second-order valence-electron chi connectivity index (χ2n) is 3.21. The lowest BCUT2D eigenvalue weighted by atomic mass is 10.2. The summed E-state index contributed by atoms with van der Waals surface area (Å²) in [4.78, 5) is 0. The van der Waals surface area contributed by atoms with E-state index in [1.807, 2.05) is 4.74 Å². The molecule has 0 rings (SSSR count). The van der Waals surface area contributed by atoms with Crippen LogP contribution in [-0.4, -0.2) is 30.7 Å². The van der Waals surface area contributed by atoms with Gasteiger partial charge in [0.25, 0.3) is 0 Å². The van der Waals surface area contributed by atoms with Crippen molar-refractivity contribution in [2.75, 3.05) is 0 Å². The normalized spacial score (nSPS) is 16.5. The van der Waals surface area contributed by atoms with E-state index in [9.17, 15) is 57.1 Å². The first-order valence-electron chi connectivity index (χ1n) is 4.37. The Morgan fingerprint density at radius 2 is 1.18 bits per heavy atom. The molecule has 15 heteroatoms. The van der Waals surface area contributed by atoms with Crippen LogP contribution in [0.25, 0.3) is 0 Å². The fourth-order valence-corrected chi connectivity index (χ4v) is 0.725. The number of halogens is 13. The van der Waals surface area contributed by atoms with E-state index < -0.39 is 42.8 Å². The Kier molecular flexibility index (Phi) is 5.62. The molecule has 0 fully saturated rings. The maximum Gasteiger partial charge on any atom is 0.470 e. The maximum atomic E-state index is 13.1. The molecule has 0 amide bonds. The van der Waals surface area contributed by atoms with Gasteiger partial charge in [0.1, 0.15) is 0 Å². The predicted molar refractivity (Wildman–Crippen MR) is 38.3 cm³/mol. The van der Waals surface area contributed by atoms with E-state index in [0.29, 0.717) is 0 Å². The second-order valence-corrected chi connectivity index (χ2v) is 3.21. The summed E-state index contributed by atoms with van der Waals surface area (Å²) in [6.07, 6.45) is -29.5. The Morgan fingerprint density at radius 3 is 1.45 bits per heavy atom. The molecule has 0 bridgehead atoms. The summed E-state index contributed by atoms with van der Waals surface area (Å²) in [5, 5.41) is 0. The summed E-state index contributed by atoms with van der Waals surface area (Å²) in [5.74, 6) is -6.95. The molecule has 0 spiro atoms. The second kappa shape index (κ2) is 6.00. The Bertz CT molecular complexity index is 423. The van der Waals surface area contributed by atoms with Crippen LogP contribution < -0.4 is 0 Å². The van der Waals surface area contributed by atoms with Gasteiger partial charge in [-0.1, -0.05) is 0 Å². The average Bonchev–Trinajstić information content (AvgIpc) is 2.24. The van der Waals surface area contributed by atoms with Gasteiger partial charge in [0, 0.05) is 0 Å². The summed E-state index contributed by atoms with van der Waals surface area (Å²) in [5.41, 5.74) is 0. The van der Waals surface area contributed by atoms with Gasteiger partial charge in [-0.05, 0) is 0 Å². The molecule has 0 aromatic heterocycles. The molecule has 0 heterocycles. The van der Waals surface area contributed by atoms with Crippen LogP contribution in [0.3, 0.4) is 0 Å². The molecular formula is C7HF13O2. The monoisotopic (exact) mass is 364 g/mol. The summed E-state index contributed by atoms with van der Waals surface area (Å²) < 4.78 is 161. The quantitative estimate of drug-likeness (QED) is 0.501. The zero-order valence-electron chi connectivity index (χ0n) is 9.31. The van der Waals surface area contributed by atoms with Crippen molar-refractivity contribution in [1.82, 2.24) is 0 Å². The van der Waals surface area contributed by atoms with Crippen LogP contribution in [0.15, 0.2) is 12.1 Å². The fraction of sp³-hybridized carbons (Fsp3) is 0.714. The summed E-state index contributed by atoms with van der Waals surface area (Å²) in [6, 6.07) is -3.86. The molecule has 0 saturated carbocycles. The molecular weight excluding hydrogens is 363 g/mol. The van der Waals surface area contributed by atoms with Gasteiger partial charge in [-0.2, -0.15) is 48.3 Å². The third kappa shape index (κ3) is 4.07. The molecule has 22 heavy (non-hydrogen) atoms. The average molecular weight is 364 g/mol. The molecule has 0 aliphatic rings. The first kappa shape index (κ1) is 20.6. The molecule has 0 saturated heterocycles. The van der Waals surface area contributed by atoms with E-state index in [-0.39, 0.29) is 0 Å². The van der Waals surface area contributed by atoms with Gasteiger partial charge in [0.05, 0.1) is 0 Å². The summed E-state index contributed by atoms with van der Waals surface area (Å²) >= 11 is 0. The van der Waals surface area contributed by atoms with Crippen LogP contribution in [0.4, 0.5) is 57.1 Å². The van der Waals surface area contributed by atoms with Crippen LogP contribution in [-0.2, 0) is 9.47 Å². The minimum Gasteiger partial charge on any atom is -0.414 e. The van der Waals surface area contributed by atoms with Gasteiger partial charge >= 0.3 is 42.8 Å². The van der Waals surface area contributed by atoms with Gasteiger partial charge in [0.15, 0.2) is 0 Å². The van der Waals surface area contributed by atoms with Crippen LogP contribution >= 0.6 is 0 Å². The van der Waals surface area contributed by atoms with E-state index >= 15 is 0 Å². The molecule has 0 aliphatic heterocycles. The van der Waals surface area contributed by atoms with Crippen molar-refractivity contribution in [3.8, 4) is 0 Å². The highest BCUT2D eigenvalue weighted by molar-refractivity contribution is 4.93. The van der Waals surface area contributed by atoms with Crippen molar-refractivity contribution >= 4 is 0 Å². The van der Waals surface area contributed by atoms with Crippen molar-refractivity contribution in [2.45, 2.75) is 30.7 Å². The summed E-state index contributed by atoms with van der Waals surface area (Å²) in [6.45, 7) is 0. The van der Waals surface area contributed by atoms with Crippen molar-refractivity contribution in [2.24, 2.45) is 0 Å².